The van der Waals surface area contributed by atoms with Gasteiger partial charge in [0.15, 0.2) is 0 Å². The normalized spacial score (nSPS) is 11.0. The molecule has 0 amide bonds. The zero-order chi connectivity index (χ0) is 16.2. The SMILES string of the molecule is CC(C)(C)OC(=O)c1ccc(OCc2ccccc2)c(N)c1. The quantitative estimate of drug-likeness (QED) is 0.689. The molecule has 2 N–H and O–H groups in total. The highest BCUT2D eigenvalue weighted by Gasteiger charge is 2.18. The number of anilines is 1. The summed E-state index contributed by atoms with van der Waals surface area (Å²) in [6.45, 7) is 5.90. The molecule has 0 fully saturated rings. The molecular weight excluding hydrogens is 278 g/mol. The second kappa shape index (κ2) is 6.52. The Balaban J connectivity index is 2.05. The topological polar surface area (TPSA) is 61.5 Å². The van der Waals surface area contributed by atoms with Crippen molar-refractivity contribution in [3.8, 4) is 5.75 Å². The summed E-state index contributed by atoms with van der Waals surface area (Å²) in [6, 6.07) is 14.7. The van der Waals surface area contributed by atoms with Gasteiger partial charge in [0.2, 0.25) is 0 Å². The van der Waals surface area contributed by atoms with Gasteiger partial charge < -0.3 is 15.2 Å². The fourth-order valence-corrected chi connectivity index (χ4v) is 1.88. The number of carbonyl (C=O) groups excluding carboxylic acids is 1. The zero-order valence-corrected chi connectivity index (χ0v) is 13.1. The third-order valence-corrected chi connectivity index (χ3v) is 2.88. The number of nitrogens with two attached hydrogens (primary N) is 1. The molecule has 0 atom stereocenters. The number of benzene rings is 2. The molecule has 116 valence electrons. The number of esters is 1. The van der Waals surface area contributed by atoms with Crippen LogP contribution in [0.2, 0.25) is 0 Å². The Hall–Kier alpha value is -2.49. The lowest BCUT2D eigenvalue weighted by molar-refractivity contribution is 0.00696. The Morgan fingerprint density at radius 3 is 2.36 bits per heavy atom. The molecule has 2 aromatic carbocycles. The van der Waals surface area contributed by atoms with Crippen LogP contribution in [0.25, 0.3) is 0 Å². The Kier molecular flexibility index (Phi) is 4.71. The van der Waals surface area contributed by atoms with Crippen molar-refractivity contribution in [2.45, 2.75) is 33.0 Å². The molecular formula is C18H21NO3. The second-order valence-electron chi connectivity index (χ2n) is 6.03. The van der Waals surface area contributed by atoms with Gasteiger partial charge in [0.25, 0.3) is 0 Å². The van der Waals surface area contributed by atoms with Gasteiger partial charge in [-0.25, -0.2) is 4.79 Å². The van der Waals surface area contributed by atoms with Gasteiger partial charge in [0.05, 0.1) is 11.3 Å². The largest absolute Gasteiger partial charge is 0.487 e. The van der Waals surface area contributed by atoms with Crippen molar-refractivity contribution >= 4 is 11.7 Å². The van der Waals surface area contributed by atoms with E-state index in [1.807, 2.05) is 51.1 Å². The van der Waals surface area contributed by atoms with Gasteiger partial charge in [-0.05, 0) is 44.5 Å². The third kappa shape index (κ3) is 4.52. The van der Waals surface area contributed by atoms with Crippen molar-refractivity contribution in [1.82, 2.24) is 0 Å². The minimum Gasteiger partial charge on any atom is -0.487 e. The van der Waals surface area contributed by atoms with Crippen LogP contribution >= 0.6 is 0 Å². The first kappa shape index (κ1) is 15.9. The standard InChI is InChI=1S/C18H21NO3/c1-18(2,3)22-17(20)14-9-10-16(15(19)11-14)21-12-13-7-5-4-6-8-13/h4-11H,12,19H2,1-3H3. The van der Waals surface area contributed by atoms with Crippen LogP contribution in [0.15, 0.2) is 48.5 Å². The summed E-state index contributed by atoms with van der Waals surface area (Å²) in [5.41, 5.74) is 7.31. The molecule has 0 heterocycles. The molecule has 2 aromatic rings. The molecule has 0 saturated carbocycles. The molecule has 0 spiro atoms. The summed E-state index contributed by atoms with van der Waals surface area (Å²) in [5.74, 6) is 0.157. The van der Waals surface area contributed by atoms with Gasteiger partial charge >= 0.3 is 5.97 Å². The monoisotopic (exact) mass is 299 g/mol. The Morgan fingerprint density at radius 1 is 1.09 bits per heavy atom. The van der Waals surface area contributed by atoms with E-state index in [0.717, 1.165) is 5.56 Å². The number of nitrogen functional groups attached to an aromatic ring is 1. The van der Waals surface area contributed by atoms with Crippen molar-refractivity contribution in [2.24, 2.45) is 0 Å². The highest BCUT2D eigenvalue weighted by Crippen LogP contribution is 2.24. The molecule has 4 heteroatoms. The lowest BCUT2D eigenvalue weighted by Gasteiger charge is -2.19. The van der Waals surface area contributed by atoms with Crippen LogP contribution in [0, 0.1) is 0 Å². The number of ether oxygens (including phenoxy) is 2. The van der Waals surface area contributed by atoms with Gasteiger partial charge in [-0.15, -0.1) is 0 Å². The molecule has 0 saturated heterocycles. The molecule has 0 aliphatic carbocycles. The molecule has 4 nitrogen and oxygen atoms in total. The van der Waals surface area contributed by atoms with E-state index >= 15 is 0 Å². The van der Waals surface area contributed by atoms with E-state index in [1.165, 1.54) is 0 Å². The van der Waals surface area contributed by atoms with E-state index in [4.69, 9.17) is 15.2 Å². The predicted molar refractivity (Wildman–Crippen MR) is 86.8 cm³/mol. The summed E-state index contributed by atoms with van der Waals surface area (Å²) in [6.07, 6.45) is 0. The van der Waals surface area contributed by atoms with Gasteiger partial charge in [0, 0.05) is 0 Å². The minimum atomic E-state index is -0.533. The van der Waals surface area contributed by atoms with Crippen LogP contribution in [-0.4, -0.2) is 11.6 Å². The highest BCUT2D eigenvalue weighted by molar-refractivity contribution is 5.91. The fraction of sp³-hybridized carbons (Fsp3) is 0.278. The number of carbonyl (C=O) groups is 1. The Bertz CT molecular complexity index is 645. The fourth-order valence-electron chi connectivity index (χ4n) is 1.88. The van der Waals surface area contributed by atoms with E-state index in [-0.39, 0.29) is 0 Å². The third-order valence-electron chi connectivity index (χ3n) is 2.88. The summed E-state index contributed by atoms with van der Waals surface area (Å²) in [5, 5.41) is 0. The predicted octanol–water partition coefficient (Wildman–Crippen LogP) is 3.80. The van der Waals surface area contributed by atoms with E-state index in [0.29, 0.717) is 23.6 Å². The van der Waals surface area contributed by atoms with E-state index in [9.17, 15) is 4.79 Å². The molecule has 0 aliphatic heterocycles. The maximum atomic E-state index is 12.0. The summed E-state index contributed by atoms with van der Waals surface area (Å²) in [7, 11) is 0. The van der Waals surface area contributed by atoms with Gasteiger partial charge in [0.1, 0.15) is 18.0 Å². The molecule has 0 bridgehead atoms. The average Bonchev–Trinajstić information content (AvgIpc) is 2.45. The van der Waals surface area contributed by atoms with E-state index in [2.05, 4.69) is 0 Å². The maximum absolute atomic E-state index is 12.0. The maximum Gasteiger partial charge on any atom is 0.338 e. The Morgan fingerprint density at radius 2 is 1.77 bits per heavy atom. The zero-order valence-electron chi connectivity index (χ0n) is 13.1. The summed E-state index contributed by atoms with van der Waals surface area (Å²) < 4.78 is 11.0. The van der Waals surface area contributed by atoms with Crippen LogP contribution in [0.5, 0.6) is 5.75 Å². The lowest BCUT2D eigenvalue weighted by Crippen LogP contribution is -2.23. The molecule has 0 radical (unpaired) electrons. The summed E-state index contributed by atoms with van der Waals surface area (Å²) in [4.78, 5) is 12.0. The van der Waals surface area contributed by atoms with Crippen molar-refractivity contribution < 1.29 is 14.3 Å². The smallest absolute Gasteiger partial charge is 0.338 e. The van der Waals surface area contributed by atoms with Crippen LogP contribution in [0.3, 0.4) is 0 Å². The molecule has 2 rings (SSSR count). The van der Waals surface area contributed by atoms with E-state index < -0.39 is 11.6 Å². The molecule has 22 heavy (non-hydrogen) atoms. The van der Waals surface area contributed by atoms with Crippen LogP contribution in [-0.2, 0) is 11.3 Å². The number of hydrogen-bond donors (Lipinski definition) is 1. The number of hydrogen-bond acceptors (Lipinski definition) is 4. The van der Waals surface area contributed by atoms with Crippen molar-refractivity contribution in [2.75, 3.05) is 5.73 Å². The van der Waals surface area contributed by atoms with Gasteiger partial charge in [-0.2, -0.15) is 0 Å². The first-order valence-corrected chi connectivity index (χ1v) is 7.15. The lowest BCUT2D eigenvalue weighted by atomic mass is 10.1. The molecule has 0 unspecified atom stereocenters. The van der Waals surface area contributed by atoms with E-state index in [1.54, 1.807) is 18.2 Å². The first-order valence-electron chi connectivity index (χ1n) is 7.15. The van der Waals surface area contributed by atoms with Crippen LogP contribution in [0.4, 0.5) is 5.69 Å². The average molecular weight is 299 g/mol. The molecule has 0 aromatic heterocycles. The number of rotatable bonds is 4. The van der Waals surface area contributed by atoms with Crippen molar-refractivity contribution in [3.05, 3.63) is 59.7 Å². The van der Waals surface area contributed by atoms with Gasteiger partial charge in [-0.3, -0.25) is 0 Å². The molecule has 0 aliphatic rings. The van der Waals surface area contributed by atoms with Crippen LogP contribution in [0.1, 0.15) is 36.7 Å². The van der Waals surface area contributed by atoms with Crippen LogP contribution < -0.4 is 10.5 Å². The first-order chi connectivity index (χ1) is 10.3. The Labute approximate surface area is 130 Å². The highest BCUT2D eigenvalue weighted by atomic mass is 16.6. The minimum absolute atomic E-state index is 0.395. The van der Waals surface area contributed by atoms with Crippen molar-refractivity contribution in [1.29, 1.82) is 0 Å². The summed E-state index contributed by atoms with van der Waals surface area (Å²) >= 11 is 0. The second-order valence-corrected chi connectivity index (χ2v) is 6.03. The van der Waals surface area contributed by atoms with Crippen molar-refractivity contribution in [3.63, 3.8) is 0 Å². The van der Waals surface area contributed by atoms with Gasteiger partial charge in [-0.1, -0.05) is 30.3 Å².